The Labute approximate surface area is 117 Å². The van der Waals surface area contributed by atoms with E-state index in [0.29, 0.717) is 29.1 Å². The largest absolute Gasteiger partial charge is 0.495 e. The minimum atomic E-state index is -0.267. The molecule has 20 heavy (non-hydrogen) atoms. The molecule has 0 radical (unpaired) electrons. The van der Waals surface area contributed by atoms with Crippen LogP contribution in [0.5, 0.6) is 5.75 Å². The Balaban J connectivity index is 2.27. The number of nitrogens with one attached hydrogen (secondary N) is 1. The lowest BCUT2D eigenvalue weighted by molar-refractivity contribution is 0.416. The third-order valence-corrected chi connectivity index (χ3v) is 3.02. The minimum absolute atomic E-state index is 0.267. The number of rotatable bonds is 4. The summed E-state index contributed by atoms with van der Waals surface area (Å²) in [5.74, 6) is 0.300. The lowest BCUT2D eigenvalue weighted by Crippen LogP contribution is -2.05. The summed E-state index contributed by atoms with van der Waals surface area (Å²) in [5.41, 5.74) is 2.60. The molecular formula is C16H15FN2O. The average Bonchev–Trinajstić information content (AvgIpc) is 2.47. The molecule has 2 aromatic carbocycles. The average molecular weight is 270 g/mol. The number of benzene rings is 2. The van der Waals surface area contributed by atoms with Gasteiger partial charge in [0.1, 0.15) is 17.6 Å². The van der Waals surface area contributed by atoms with Gasteiger partial charge in [0.25, 0.3) is 0 Å². The van der Waals surface area contributed by atoms with Crippen molar-refractivity contribution < 1.29 is 9.13 Å². The van der Waals surface area contributed by atoms with Crippen molar-refractivity contribution in [1.29, 1.82) is 5.26 Å². The number of aryl methyl sites for hydroxylation is 1. The summed E-state index contributed by atoms with van der Waals surface area (Å²) in [4.78, 5) is 0. The van der Waals surface area contributed by atoms with E-state index in [1.807, 2.05) is 6.92 Å². The number of nitriles is 1. The second-order valence-electron chi connectivity index (χ2n) is 4.44. The van der Waals surface area contributed by atoms with Crippen LogP contribution in [0.25, 0.3) is 0 Å². The zero-order chi connectivity index (χ0) is 14.5. The quantitative estimate of drug-likeness (QED) is 0.922. The fourth-order valence-electron chi connectivity index (χ4n) is 2.00. The van der Waals surface area contributed by atoms with E-state index >= 15 is 0 Å². The molecule has 0 amide bonds. The number of hydrogen-bond acceptors (Lipinski definition) is 3. The molecule has 0 aliphatic heterocycles. The molecule has 2 rings (SSSR count). The van der Waals surface area contributed by atoms with Crippen molar-refractivity contribution in [1.82, 2.24) is 0 Å². The summed E-state index contributed by atoms with van der Waals surface area (Å²) in [6, 6.07) is 12.2. The highest BCUT2D eigenvalue weighted by Gasteiger charge is 2.09. The number of para-hydroxylation sites is 1. The van der Waals surface area contributed by atoms with Gasteiger partial charge in [0.15, 0.2) is 0 Å². The van der Waals surface area contributed by atoms with E-state index in [-0.39, 0.29) is 5.82 Å². The molecule has 3 nitrogen and oxygen atoms in total. The van der Waals surface area contributed by atoms with Crippen molar-refractivity contribution >= 4 is 5.69 Å². The Morgan fingerprint density at radius 2 is 2.10 bits per heavy atom. The van der Waals surface area contributed by atoms with Crippen LogP contribution in [0.15, 0.2) is 36.4 Å². The molecule has 2 aromatic rings. The van der Waals surface area contributed by atoms with Crippen LogP contribution in [-0.2, 0) is 6.54 Å². The van der Waals surface area contributed by atoms with Crippen LogP contribution in [0.4, 0.5) is 10.1 Å². The van der Waals surface area contributed by atoms with Crippen LogP contribution < -0.4 is 10.1 Å². The van der Waals surface area contributed by atoms with E-state index in [0.717, 1.165) is 5.56 Å². The summed E-state index contributed by atoms with van der Waals surface area (Å²) >= 11 is 0. The van der Waals surface area contributed by atoms with Gasteiger partial charge in [0, 0.05) is 12.1 Å². The zero-order valence-corrected chi connectivity index (χ0v) is 11.4. The van der Waals surface area contributed by atoms with Gasteiger partial charge in [0.2, 0.25) is 0 Å². The molecule has 4 heteroatoms. The summed E-state index contributed by atoms with van der Waals surface area (Å²) < 4.78 is 18.9. The van der Waals surface area contributed by atoms with Gasteiger partial charge in [-0.3, -0.25) is 0 Å². The minimum Gasteiger partial charge on any atom is -0.495 e. The second-order valence-corrected chi connectivity index (χ2v) is 4.44. The maximum Gasteiger partial charge on any atom is 0.143 e. The Kier molecular flexibility index (Phi) is 4.21. The molecule has 0 bridgehead atoms. The molecular weight excluding hydrogens is 255 g/mol. The zero-order valence-electron chi connectivity index (χ0n) is 11.4. The van der Waals surface area contributed by atoms with Crippen LogP contribution >= 0.6 is 0 Å². The van der Waals surface area contributed by atoms with Crippen molar-refractivity contribution in [2.24, 2.45) is 0 Å². The van der Waals surface area contributed by atoms with E-state index in [1.165, 1.54) is 13.2 Å². The summed E-state index contributed by atoms with van der Waals surface area (Å²) in [7, 11) is 1.54. The maximum atomic E-state index is 13.7. The molecule has 0 fully saturated rings. The first-order valence-electron chi connectivity index (χ1n) is 6.21. The van der Waals surface area contributed by atoms with Crippen molar-refractivity contribution in [2.75, 3.05) is 12.4 Å². The van der Waals surface area contributed by atoms with E-state index < -0.39 is 0 Å². The molecule has 0 saturated carbocycles. The summed E-state index contributed by atoms with van der Waals surface area (Å²) in [6.07, 6.45) is 0. The van der Waals surface area contributed by atoms with Crippen LogP contribution in [0.2, 0.25) is 0 Å². The molecule has 0 aliphatic carbocycles. The van der Waals surface area contributed by atoms with Gasteiger partial charge in [0.05, 0.1) is 18.4 Å². The fourth-order valence-corrected chi connectivity index (χ4v) is 2.00. The van der Waals surface area contributed by atoms with E-state index in [4.69, 9.17) is 10.00 Å². The number of anilines is 1. The van der Waals surface area contributed by atoms with Crippen molar-refractivity contribution in [3.63, 3.8) is 0 Å². The first-order chi connectivity index (χ1) is 9.65. The first kappa shape index (κ1) is 13.9. The SMILES string of the molecule is COc1cccc(C#N)c1NCc1cc(C)ccc1F. The monoisotopic (exact) mass is 270 g/mol. The van der Waals surface area contributed by atoms with Gasteiger partial charge in [-0.25, -0.2) is 4.39 Å². The Bertz CT molecular complexity index is 662. The highest BCUT2D eigenvalue weighted by atomic mass is 19.1. The topological polar surface area (TPSA) is 45.0 Å². The van der Waals surface area contributed by atoms with Crippen molar-refractivity contribution in [2.45, 2.75) is 13.5 Å². The number of methoxy groups -OCH3 is 1. The van der Waals surface area contributed by atoms with Gasteiger partial charge in [-0.15, -0.1) is 0 Å². The van der Waals surface area contributed by atoms with E-state index in [1.54, 1.807) is 30.3 Å². The Morgan fingerprint density at radius 1 is 1.30 bits per heavy atom. The van der Waals surface area contributed by atoms with Crippen LogP contribution in [0, 0.1) is 24.1 Å². The van der Waals surface area contributed by atoms with Crippen LogP contribution in [-0.4, -0.2) is 7.11 Å². The van der Waals surface area contributed by atoms with Gasteiger partial charge in [-0.1, -0.05) is 23.8 Å². The van der Waals surface area contributed by atoms with Crippen molar-refractivity contribution in [3.8, 4) is 11.8 Å². The maximum absolute atomic E-state index is 13.7. The molecule has 0 unspecified atom stereocenters. The third-order valence-electron chi connectivity index (χ3n) is 3.02. The van der Waals surface area contributed by atoms with Gasteiger partial charge >= 0.3 is 0 Å². The standard InChI is InChI=1S/C16H15FN2O/c1-11-6-7-14(17)13(8-11)10-19-16-12(9-18)4-3-5-15(16)20-2/h3-8,19H,10H2,1-2H3. The van der Waals surface area contributed by atoms with Gasteiger partial charge < -0.3 is 10.1 Å². The predicted molar refractivity (Wildman–Crippen MR) is 76.2 cm³/mol. The van der Waals surface area contributed by atoms with E-state index in [2.05, 4.69) is 11.4 Å². The van der Waals surface area contributed by atoms with E-state index in [9.17, 15) is 4.39 Å². The second kappa shape index (κ2) is 6.07. The highest BCUT2D eigenvalue weighted by molar-refractivity contribution is 5.66. The molecule has 0 aromatic heterocycles. The van der Waals surface area contributed by atoms with Crippen LogP contribution in [0.1, 0.15) is 16.7 Å². The number of ether oxygens (including phenoxy) is 1. The lowest BCUT2D eigenvalue weighted by atomic mass is 10.1. The summed E-state index contributed by atoms with van der Waals surface area (Å²) in [6.45, 7) is 2.20. The normalized spacial score (nSPS) is 9.90. The molecule has 0 spiro atoms. The molecule has 0 heterocycles. The molecule has 0 atom stereocenters. The van der Waals surface area contributed by atoms with Crippen molar-refractivity contribution in [3.05, 3.63) is 58.9 Å². The highest BCUT2D eigenvalue weighted by Crippen LogP contribution is 2.28. The number of hydrogen-bond donors (Lipinski definition) is 1. The Morgan fingerprint density at radius 3 is 2.80 bits per heavy atom. The smallest absolute Gasteiger partial charge is 0.143 e. The fraction of sp³-hybridized carbons (Fsp3) is 0.188. The number of halogens is 1. The molecule has 102 valence electrons. The molecule has 1 N–H and O–H groups in total. The first-order valence-corrected chi connectivity index (χ1v) is 6.21. The Hall–Kier alpha value is -2.54. The number of nitrogens with zero attached hydrogens (tertiary/aromatic N) is 1. The lowest BCUT2D eigenvalue weighted by Gasteiger charge is -2.13. The van der Waals surface area contributed by atoms with Crippen LogP contribution in [0.3, 0.4) is 0 Å². The third kappa shape index (κ3) is 2.89. The molecule has 0 saturated heterocycles. The summed E-state index contributed by atoms with van der Waals surface area (Å²) in [5, 5.41) is 12.2. The van der Waals surface area contributed by atoms with Gasteiger partial charge in [-0.2, -0.15) is 5.26 Å². The molecule has 0 aliphatic rings. The van der Waals surface area contributed by atoms with Gasteiger partial charge in [-0.05, 0) is 25.1 Å². The predicted octanol–water partition coefficient (Wildman–Crippen LogP) is 3.63.